The van der Waals surface area contributed by atoms with E-state index in [1.54, 1.807) is 0 Å². The molecule has 6 heavy (non-hydrogen) atoms. The predicted molar refractivity (Wildman–Crippen MR) is 11.1 cm³/mol. The van der Waals surface area contributed by atoms with Crippen molar-refractivity contribution < 1.29 is 83.6 Å². The number of rotatable bonds is 1. The zero-order valence-electron chi connectivity index (χ0n) is 3.30. The Morgan fingerprint density at radius 1 is 1.67 bits per heavy atom. The standard InChI is InChI=1S/C2H2O3.Cs/c3-1-2(4)5;/h1H,(H,4,5);/q;+1/p-1. The van der Waals surface area contributed by atoms with E-state index in [4.69, 9.17) is 14.7 Å². The summed E-state index contributed by atoms with van der Waals surface area (Å²) < 4.78 is 0. The van der Waals surface area contributed by atoms with Crippen molar-refractivity contribution in [2.24, 2.45) is 0 Å². The maximum atomic E-state index is 8.89. The van der Waals surface area contributed by atoms with Gasteiger partial charge in [-0.1, -0.05) is 0 Å². The molecule has 0 aliphatic heterocycles. The van der Waals surface area contributed by atoms with Gasteiger partial charge in [-0.15, -0.1) is 0 Å². The minimum Gasteiger partial charge on any atom is -0.542 e. The number of aliphatic carboxylic acids is 1. The van der Waals surface area contributed by atoms with Gasteiger partial charge in [-0.2, -0.15) is 0 Å². The van der Waals surface area contributed by atoms with E-state index >= 15 is 0 Å². The SMILES string of the molecule is O=CC(=O)[O-].[Cs+]. The van der Waals surface area contributed by atoms with Crippen molar-refractivity contribution >= 4 is 12.3 Å². The van der Waals surface area contributed by atoms with E-state index in [1.807, 2.05) is 0 Å². The summed E-state index contributed by atoms with van der Waals surface area (Å²) in [6, 6.07) is 0. The molecule has 0 heterocycles. The van der Waals surface area contributed by atoms with Crippen LogP contribution in [0, 0.1) is 0 Å². The molecule has 0 bridgehead atoms. The van der Waals surface area contributed by atoms with E-state index in [9.17, 15) is 0 Å². The summed E-state index contributed by atoms with van der Waals surface area (Å²) in [4.78, 5) is 17.7. The van der Waals surface area contributed by atoms with Gasteiger partial charge in [0.15, 0.2) is 6.29 Å². The van der Waals surface area contributed by atoms with Crippen molar-refractivity contribution in [3.8, 4) is 0 Å². The molecule has 0 aliphatic carbocycles. The summed E-state index contributed by atoms with van der Waals surface area (Å²) in [5, 5.41) is 8.89. The smallest absolute Gasteiger partial charge is 0.542 e. The van der Waals surface area contributed by atoms with Crippen molar-refractivity contribution in [1.82, 2.24) is 0 Å². The molecule has 0 aromatic carbocycles. The average Bonchev–Trinajstić information content (AvgIpc) is 1.38. The van der Waals surface area contributed by atoms with Crippen LogP contribution in [0.2, 0.25) is 0 Å². The van der Waals surface area contributed by atoms with Crippen LogP contribution in [-0.2, 0) is 9.59 Å². The third-order valence-electron chi connectivity index (χ3n) is 0.0962. The molecule has 0 saturated carbocycles. The van der Waals surface area contributed by atoms with Crippen LogP contribution in [0.15, 0.2) is 0 Å². The Morgan fingerprint density at radius 3 is 1.83 bits per heavy atom. The van der Waals surface area contributed by atoms with Crippen LogP contribution in [0.25, 0.3) is 0 Å². The second-order valence-corrected chi connectivity index (χ2v) is 0.437. The first-order chi connectivity index (χ1) is 2.27. The molecular weight excluding hydrogens is 205 g/mol. The molecule has 0 aromatic heterocycles. The summed E-state index contributed by atoms with van der Waals surface area (Å²) >= 11 is 0. The molecular formula is C2HCsO3. The summed E-state index contributed by atoms with van der Waals surface area (Å²) in [5.41, 5.74) is 0. The number of aldehydes is 1. The Morgan fingerprint density at radius 2 is 1.83 bits per heavy atom. The molecule has 28 valence electrons. The molecule has 0 N–H and O–H groups in total. The van der Waals surface area contributed by atoms with Crippen LogP contribution in [-0.4, -0.2) is 12.3 Å². The van der Waals surface area contributed by atoms with E-state index in [0.717, 1.165) is 0 Å². The Kier molecular flexibility index (Phi) is 10.6. The molecule has 0 rings (SSSR count). The van der Waals surface area contributed by atoms with Gasteiger partial charge in [0, 0.05) is 0 Å². The van der Waals surface area contributed by atoms with Gasteiger partial charge in [0.1, 0.15) is 5.97 Å². The summed E-state index contributed by atoms with van der Waals surface area (Å²) in [6.45, 7) is 0. The maximum Gasteiger partial charge on any atom is 1.00 e. The first-order valence-corrected chi connectivity index (χ1v) is 0.933. The van der Waals surface area contributed by atoms with Crippen molar-refractivity contribution in [2.75, 3.05) is 0 Å². The maximum absolute atomic E-state index is 8.89. The van der Waals surface area contributed by atoms with E-state index < -0.39 is 5.97 Å². The summed E-state index contributed by atoms with van der Waals surface area (Å²) in [5.74, 6) is -1.68. The molecule has 0 atom stereocenters. The van der Waals surface area contributed by atoms with Gasteiger partial charge < -0.3 is 9.90 Å². The first-order valence-electron chi connectivity index (χ1n) is 0.933. The van der Waals surface area contributed by atoms with Crippen LogP contribution >= 0.6 is 0 Å². The zero-order valence-corrected chi connectivity index (χ0v) is 9.58. The molecule has 3 nitrogen and oxygen atoms in total. The number of hydrogen-bond donors (Lipinski definition) is 0. The number of hydrogen-bond acceptors (Lipinski definition) is 3. The molecule has 0 amide bonds. The summed E-state index contributed by atoms with van der Waals surface area (Å²) in [7, 11) is 0. The van der Waals surface area contributed by atoms with Crippen LogP contribution < -0.4 is 74.0 Å². The normalized spacial score (nSPS) is 5.33. The third kappa shape index (κ3) is 8.95. The number of carboxylic acids is 1. The number of carboxylic acid groups (broad SMARTS) is 1. The van der Waals surface area contributed by atoms with Gasteiger partial charge in [-0.05, 0) is 0 Å². The predicted octanol–water partition coefficient (Wildman–Crippen LogP) is -5.06. The van der Waals surface area contributed by atoms with Crippen LogP contribution in [0.1, 0.15) is 0 Å². The Balaban J connectivity index is 0. The van der Waals surface area contributed by atoms with E-state index in [1.165, 1.54) is 0 Å². The fourth-order valence-corrected chi connectivity index (χ4v) is 0. The third-order valence-corrected chi connectivity index (χ3v) is 0.0962. The Labute approximate surface area is 93.5 Å². The minimum absolute atomic E-state index is 0. The molecule has 4 heteroatoms. The van der Waals surface area contributed by atoms with Crippen LogP contribution in [0.4, 0.5) is 0 Å². The van der Waals surface area contributed by atoms with Crippen LogP contribution in [0.5, 0.6) is 0 Å². The van der Waals surface area contributed by atoms with Crippen molar-refractivity contribution in [3.05, 3.63) is 0 Å². The second kappa shape index (κ2) is 6.19. The van der Waals surface area contributed by atoms with Crippen molar-refractivity contribution in [3.63, 3.8) is 0 Å². The van der Waals surface area contributed by atoms with Gasteiger partial charge in [-0.3, -0.25) is 4.79 Å². The van der Waals surface area contributed by atoms with Gasteiger partial charge in [-0.25, -0.2) is 0 Å². The van der Waals surface area contributed by atoms with Gasteiger partial charge >= 0.3 is 68.9 Å². The Hall–Kier alpha value is 1.19. The zero-order chi connectivity index (χ0) is 4.28. The van der Waals surface area contributed by atoms with Crippen LogP contribution in [0.3, 0.4) is 0 Å². The van der Waals surface area contributed by atoms with Gasteiger partial charge in [0.25, 0.3) is 0 Å². The van der Waals surface area contributed by atoms with E-state index in [-0.39, 0.29) is 75.2 Å². The number of carbonyl (C=O) groups is 2. The first kappa shape index (κ1) is 10.2. The average molecular weight is 206 g/mol. The Bertz CT molecular complexity index is 59.8. The van der Waals surface area contributed by atoms with E-state index in [0.29, 0.717) is 0 Å². The molecule has 0 fully saturated rings. The summed E-state index contributed by atoms with van der Waals surface area (Å²) in [6.07, 6.45) is -0.278. The second-order valence-electron chi connectivity index (χ2n) is 0.437. The molecule has 0 aromatic rings. The molecule has 0 unspecified atom stereocenters. The van der Waals surface area contributed by atoms with Crippen molar-refractivity contribution in [2.45, 2.75) is 0 Å². The fraction of sp³-hybridized carbons (Fsp3) is 0. The quantitative estimate of drug-likeness (QED) is 0.318. The molecule has 0 spiro atoms. The molecule has 0 radical (unpaired) electrons. The van der Waals surface area contributed by atoms with Crippen molar-refractivity contribution in [1.29, 1.82) is 0 Å². The number of carbonyl (C=O) groups excluding carboxylic acids is 2. The van der Waals surface area contributed by atoms with E-state index in [2.05, 4.69) is 0 Å². The van der Waals surface area contributed by atoms with Gasteiger partial charge in [0.05, 0.1) is 0 Å². The molecule has 0 saturated heterocycles. The minimum atomic E-state index is -1.68. The fourth-order valence-electron chi connectivity index (χ4n) is 0. The topological polar surface area (TPSA) is 57.2 Å². The van der Waals surface area contributed by atoms with Gasteiger partial charge in [0.2, 0.25) is 0 Å². The monoisotopic (exact) mass is 206 g/mol. The largest absolute Gasteiger partial charge is 1.00 e. The molecule has 0 aliphatic rings.